The maximum atomic E-state index is 11.1. The van der Waals surface area contributed by atoms with Gasteiger partial charge in [0.25, 0.3) is 0 Å². The molecule has 0 aliphatic carbocycles. The molecule has 0 saturated heterocycles. The summed E-state index contributed by atoms with van der Waals surface area (Å²) in [5, 5.41) is 9.59. The van der Waals surface area contributed by atoms with Gasteiger partial charge in [-0.2, -0.15) is 0 Å². The number of rotatable bonds is 6. The first-order chi connectivity index (χ1) is 9.56. The highest BCUT2D eigenvalue weighted by Gasteiger charge is 2.26. The molecule has 5 nitrogen and oxygen atoms in total. The van der Waals surface area contributed by atoms with Crippen LogP contribution in [0.2, 0.25) is 5.02 Å². The molecule has 1 N–H and O–H groups in total. The summed E-state index contributed by atoms with van der Waals surface area (Å²) in [6, 6.07) is 3.36. The molecular weight excluding hydrogens is 282 g/mol. The van der Waals surface area contributed by atoms with Crippen LogP contribution in [0, 0.1) is 0 Å². The highest BCUT2D eigenvalue weighted by Crippen LogP contribution is 2.42. The lowest BCUT2D eigenvalue weighted by atomic mass is 10.0. The molecule has 0 fully saturated rings. The van der Waals surface area contributed by atoms with Crippen molar-refractivity contribution < 1.29 is 19.4 Å². The zero-order valence-corrected chi connectivity index (χ0v) is 12.3. The van der Waals surface area contributed by atoms with Gasteiger partial charge in [-0.25, -0.2) is 0 Å². The summed E-state index contributed by atoms with van der Waals surface area (Å²) in [6.07, 6.45) is 0.0254. The zero-order chi connectivity index (χ0) is 14.7. The van der Waals surface area contributed by atoms with Crippen LogP contribution in [-0.2, 0) is 4.79 Å². The van der Waals surface area contributed by atoms with Crippen molar-refractivity contribution in [2.45, 2.75) is 26.3 Å². The molecule has 1 aromatic rings. The van der Waals surface area contributed by atoms with Gasteiger partial charge < -0.3 is 14.6 Å². The molecule has 0 saturated carbocycles. The summed E-state index contributed by atoms with van der Waals surface area (Å²) >= 11 is 6.18. The lowest BCUT2D eigenvalue weighted by Gasteiger charge is -2.29. The second-order valence-electron chi connectivity index (χ2n) is 4.57. The maximum Gasteiger partial charge on any atom is 0.305 e. The highest BCUT2D eigenvalue weighted by atomic mass is 35.5. The molecule has 110 valence electrons. The van der Waals surface area contributed by atoms with E-state index in [0.717, 1.165) is 18.7 Å². The molecule has 1 aliphatic heterocycles. The minimum absolute atomic E-state index is 0.0254. The fourth-order valence-electron chi connectivity index (χ4n) is 2.47. The van der Waals surface area contributed by atoms with E-state index in [2.05, 4.69) is 4.90 Å². The van der Waals surface area contributed by atoms with Crippen molar-refractivity contribution in [3.63, 3.8) is 0 Å². The van der Waals surface area contributed by atoms with Gasteiger partial charge in [-0.15, -0.1) is 0 Å². The number of fused-ring (bicyclic) bond motifs is 1. The first-order valence-corrected chi connectivity index (χ1v) is 6.99. The van der Waals surface area contributed by atoms with Crippen LogP contribution in [0.25, 0.3) is 0 Å². The Bertz CT molecular complexity index is 502. The summed E-state index contributed by atoms with van der Waals surface area (Å²) in [6.45, 7) is 5.69. The van der Waals surface area contributed by atoms with Gasteiger partial charge >= 0.3 is 5.97 Å². The quantitative estimate of drug-likeness (QED) is 0.875. The van der Waals surface area contributed by atoms with Crippen LogP contribution < -0.4 is 9.47 Å². The smallest absolute Gasteiger partial charge is 0.305 e. The Balaban J connectivity index is 2.38. The normalized spacial score (nSPS) is 14.6. The molecular formula is C14H18ClNO4. The van der Waals surface area contributed by atoms with E-state index in [0.29, 0.717) is 16.5 Å². The maximum absolute atomic E-state index is 11.1. The van der Waals surface area contributed by atoms with Crippen molar-refractivity contribution >= 4 is 17.6 Å². The number of ether oxygens (including phenoxy) is 2. The lowest BCUT2D eigenvalue weighted by molar-refractivity contribution is -0.138. The van der Waals surface area contributed by atoms with Crippen LogP contribution >= 0.6 is 11.6 Å². The largest absolute Gasteiger partial charge is 0.481 e. The van der Waals surface area contributed by atoms with Gasteiger partial charge in [-0.1, -0.05) is 25.4 Å². The van der Waals surface area contributed by atoms with Crippen LogP contribution in [0.5, 0.6) is 11.5 Å². The Hall–Kier alpha value is -1.46. The molecule has 0 aromatic heterocycles. The van der Waals surface area contributed by atoms with E-state index in [1.807, 2.05) is 19.9 Å². The van der Waals surface area contributed by atoms with Crippen molar-refractivity contribution in [1.29, 1.82) is 0 Å². The van der Waals surface area contributed by atoms with E-state index < -0.39 is 5.97 Å². The van der Waals surface area contributed by atoms with Gasteiger partial charge in [0.15, 0.2) is 11.5 Å². The van der Waals surface area contributed by atoms with Crippen LogP contribution in [-0.4, -0.2) is 35.9 Å². The second-order valence-corrected chi connectivity index (χ2v) is 4.98. The molecule has 1 aliphatic rings. The van der Waals surface area contributed by atoms with Gasteiger partial charge in [-0.05, 0) is 30.8 Å². The molecule has 1 aromatic carbocycles. The summed E-state index contributed by atoms with van der Waals surface area (Å²) < 4.78 is 10.6. The van der Waals surface area contributed by atoms with Gasteiger partial charge in [0.2, 0.25) is 6.79 Å². The van der Waals surface area contributed by atoms with E-state index in [-0.39, 0.29) is 19.3 Å². The minimum atomic E-state index is -0.837. The third-order valence-corrected chi connectivity index (χ3v) is 3.74. The molecule has 0 amide bonds. The standard InChI is InChI=1S/C14H18ClNO4/c1-3-16(4-2)11(7-13(17)18)9-5-10(15)14-12(6-9)19-8-20-14/h5-6,11H,3-4,7-8H2,1-2H3,(H,17,18). The number of carbonyl (C=O) groups is 1. The van der Waals surface area contributed by atoms with Crippen LogP contribution in [0.1, 0.15) is 31.9 Å². The minimum Gasteiger partial charge on any atom is -0.481 e. The Labute approximate surface area is 123 Å². The Kier molecular flexibility index (Phi) is 4.73. The Morgan fingerprint density at radius 2 is 2.10 bits per heavy atom. The predicted octanol–water partition coefficient (Wildman–Crippen LogP) is 2.93. The van der Waals surface area contributed by atoms with Crippen molar-refractivity contribution in [2.75, 3.05) is 19.9 Å². The Morgan fingerprint density at radius 1 is 1.40 bits per heavy atom. The van der Waals surface area contributed by atoms with E-state index in [9.17, 15) is 4.79 Å². The number of benzene rings is 1. The van der Waals surface area contributed by atoms with E-state index >= 15 is 0 Å². The van der Waals surface area contributed by atoms with Crippen molar-refractivity contribution in [2.24, 2.45) is 0 Å². The first-order valence-electron chi connectivity index (χ1n) is 6.61. The summed E-state index contributed by atoms with van der Waals surface area (Å²) in [5.74, 6) is 0.273. The molecule has 0 radical (unpaired) electrons. The number of hydrogen-bond acceptors (Lipinski definition) is 4. The molecule has 20 heavy (non-hydrogen) atoms. The van der Waals surface area contributed by atoms with E-state index in [1.165, 1.54) is 0 Å². The van der Waals surface area contributed by atoms with Gasteiger partial charge in [0.1, 0.15) is 0 Å². The predicted molar refractivity (Wildman–Crippen MR) is 75.5 cm³/mol. The topological polar surface area (TPSA) is 59.0 Å². The van der Waals surface area contributed by atoms with Crippen molar-refractivity contribution in [1.82, 2.24) is 4.90 Å². The fraction of sp³-hybridized carbons (Fsp3) is 0.500. The molecule has 0 bridgehead atoms. The van der Waals surface area contributed by atoms with Crippen molar-refractivity contribution in [3.8, 4) is 11.5 Å². The molecule has 2 rings (SSSR count). The molecule has 1 atom stereocenters. The summed E-state index contributed by atoms with van der Waals surface area (Å²) in [4.78, 5) is 13.2. The third-order valence-electron chi connectivity index (χ3n) is 3.46. The summed E-state index contributed by atoms with van der Waals surface area (Å²) in [7, 11) is 0. The van der Waals surface area contributed by atoms with Gasteiger partial charge in [0, 0.05) is 6.04 Å². The van der Waals surface area contributed by atoms with Gasteiger partial charge in [-0.3, -0.25) is 9.69 Å². The Morgan fingerprint density at radius 3 is 2.70 bits per heavy atom. The molecule has 0 spiro atoms. The highest BCUT2D eigenvalue weighted by molar-refractivity contribution is 6.32. The zero-order valence-electron chi connectivity index (χ0n) is 11.6. The van der Waals surface area contributed by atoms with Crippen molar-refractivity contribution in [3.05, 3.63) is 22.7 Å². The average Bonchev–Trinajstić information content (AvgIpc) is 2.87. The SMILES string of the molecule is CCN(CC)C(CC(=O)O)c1cc(Cl)c2c(c1)OCO2. The summed E-state index contributed by atoms with van der Waals surface area (Å²) in [5.41, 5.74) is 0.838. The number of nitrogens with zero attached hydrogens (tertiary/aromatic N) is 1. The van der Waals surface area contributed by atoms with E-state index in [1.54, 1.807) is 6.07 Å². The fourth-order valence-corrected chi connectivity index (χ4v) is 2.74. The van der Waals surface area contributed by atoms with E-state index in [4.69, 9.17) is 26.2 Å². The third kappa shape index (κ3) is 2.99. The van der Waals surface area contributed by atoms with Crippen LogP contribution in [0.4, 0.5) is 0 Å². The first kappa shape index (κ1) is 14.9. The monoisotopic (exact) mass is 299 g/mol. The number of carboxylic acid groups (broad SMARTS) is 1. The number of halogens is 1. The lowest BCUT2D eigenvalue weighted by Crippen LogP contribution is -2.30. The van der Waals surface area contributed by atoms with Gasteiger partial charge in [0.05, 0.1) is 11.4 Å². The number of carboxylic acids is 1. The molecule has 6 heteroatoms. The number of aliphatic carboxylic acids is 1. The van der Waals surface area contributed by atoms with Crippen LogP contribution in [0.3, 0.4) is 0 Å². The second kappa shape index (κ2) is 6.33. The molecule has 1 heterocycles. The molecule has 1 unspecified atom stereocenters. The van der Waals surface area contributed by atoms with Crippen LogP contribution in [0.15, 0.2) is 12.1 Å². The average molecular weight is 300 g/mol. The number of hydrogen-bond donors (Lipinski definition) is 1.